The van der Waals surface area contributed by atoms with E-state index in [0.29, 0.717) is 48.1 Å². The maximum atomic E-state index is 12.9. The zero-order valence-corrected chi connectivity index (χ0v) is 20.8. The molecule has 2 aliphatic heterocycles. The molecule has 0 bridgehead atoms. The fourth-order valence-electron chi connectivity index (χ4n) is 4.60. The van der Waals surface area contributed by atoms with Crippen LogP contribution >= 0.6 is 23.2 Å². The SMILES string of the molecule is O=C(NCCCN1CCc2ccccc21)C1CCN(S(=O)(=O)Cc2c(Cl)cccc2Cl)CC1. The van der Waals surface area contributed by atoms with Crippen LogP contribution in [0.25, 0.3) is 0 Å². The number of hydrogen-bond acceptors (Lipinski definition) is 4. The van der Waals surface area contributed by atoms with Gasteiger partial charge in [0.05, 0.1) is 5.75 Å². The molecule has 6 nitrogen and oxygen atoms in total. The minimum absolute atomic E-state index is 0.0167. The molecule has 0 aromatic heterocycles. The Bertz CT molecular complexity index is 1080. The Kier molecular flexibility index (Phi) is 7.84. The number of carbonyl (C=O) groups is 1. The molecular weight excluding hydrogens is 481 g/mol. The van der Waals surface area contributed by atoms with Crippen molar-refractivity contribution >= 4 is 44.8 Å². The van der Waals surface area contributed by atoms with E-state index in [-0.39, 0.29) is 17.6 Å². The lowest BCUT2D eigenvalue weighted by atomic mass is 9.97. The molecule has 2 aromatic rings. The smallest absolute Gasteiger partial charge is 0.223 e. The monoisotopic (exact) mass is 509 g/mol. The normalized spacial score (nSPS) is 17.2. The highest BCUT2D eigenvalue weighted by Crippen LogP contribution is 2.29. The zero-order valence-electron chi connectivity index (χ0n) is 18.5. The number of benzene rings is 2. The molecule has 2 aromatic carbocycles. The van der Waals surface area contributed by atoms with Gasteiger partial charge >= 0.3 is 0 Å². The van der Waals surface area contributed by atoms with E-state index in [4.69, 9.17) is 23.2 Å². The Hall–Kier alpha value is -1.80. The number of para-hydroxylation sites is 1. The molecule has 0 saturated carbocycles. The molecule has 0 radical (unpaired) electrons. The number of nitrogens with zero attached hydrogens (tertiary/aromatic N) is 2. The summed E-state index contributed by atoms with van der Waals surface area (Å²) in [6.07, 6.45) is 2.99. The maximum absolute atomic E-state index is 12.9. The first-order valence-electron chi connectivity index (χ1n) is 11.4. The third-order valence-corrected chi connectivity index (χ3v) is 9.01. The summed E-state index contributed by atoms with van der Waals surface area (Å²) in [4.78, 5) is 15.0. The van der Waals surface area contributed by atoms with Crippen molar-refractivity contribution in [2.45, 2.75) is 31.4 Å². The van der Waals surface area contributed by atoms with Crippen LogP contribution in [0.1, 0.15) is 30.4 Å². The number of hydrogen-bond donors (Lipinski definition) is 1. The van der Waals surface area contributed by atoms with E-state index in [1.807, 2.05) is 0 Å². The number of amides is 1. The second kappa shape index (κ2) is 10.6. The maximum Gasteiger partial charge on any atom is 0.223 e. The molecular formula is C24H29Cl2N3O3S. The number of carbonyl (C=O) groups excluding carboxylic acids is 1. The topological polar surface area (TPSA) is 69.7 Å². The molecule has 2 heterocycles. The van der Waals surface area contributed by atoms with Crippen molar-refractivity contribution in [1.29, 1.82) is 0 Å². The molecule has 2 aliphatic rings. The van der Waals surface area contributed by atoms with E-state index in [2.05, 4.69) is 34.5 Å². The Labute approximate surface area is 205 Å². The third-order valence-electron chi connectivity index (χ3n) is 6.49. The molecule has 0 spiro atoms. The number of anilines is 1. The molecule has 4 rings (SSSR count). The van der Waals surface area contributed by atoms with Gasteiger partial charge in [-0.1, -0.05) is 47.5 Å². The van der Waals surface area contributed by atoms with Crippen LogP contribution in [0, 0.1) is 5.92 Å². The van der Waals surface area contributed by atoms with E-state index in [0.717, 1.165) is 25.9 Å². The van der Waals surface area contributed by atoms with Crippen molar-refractivity contribution in [2.75, 3.05) is 37.6 Å². The molecule has 9 heteroatoms. The van der Waals surface area contributed by atoms with Crippen LogP contribution in [-0.2, 0) is 27.0 Å². The van der Waals surface area contributed by atoms with Gasteiger partial charge < -0.3 is 10.2 Å². The van der Waals surface area contributed by atoms with Gasteiger partial charge in [-0.3, -0.25) is 4.79 Å². The van der Waals surface area contributed by atoms with Crippen LogP contribution in [0.3, 0.4) is 0 Å². The van der Waals surface area contributed by atoms with Gasteiger partial charge in [0.15, 0.2) is 0 Å². The summed E-state index contributed by atoms with van der Waals surface area (Å²) in [6, 6.07) is 13.4. The highest BCUT2D eigenvalue weighted by Gasteiger charge is 2.32. The van der Waals surface area contributed by atoms with Gasteiger partial charge in [-0.25, -0.2) is 12.7 Å². The quantitative estimate of drug-likeness (QED) is 0.543. The van der Waals surface area contributed by atoms with Crippen LogP contribution in [0.15, 0.2) is 42.5 Å². The molecule has 33 heavy (non-hydrogen) atoms. The molecule has 0 aliphatic carbocycles. The van der Waals surface area contributed by atoms with Gasteiger partial charge in [0, 0.05) is 59.9 Å². The first-order chi connectivity index (χ1) is 15.8. The number of piperidine rings is 1. The second-order valence-corrected chi connectivity index (χ2v) is 11.4. The standard InChI is InChI=1S/C24H29Cl2N3O3S/c25-21-6-3-7-22(26)20(21)17-33(31,32)29-15-10-19(11-16-29)24(30)27-12-4-13-28-14-9-18-5-1-2-8-23(18)28/h1-3,5-8,19H,4,9-17H2,(H,27,30). The van der Waals surface area contributed by atoms with E-state index >= 15 is 0 Å². The Morgan fingerprint density at radius 3 is 2.42 bits per heavy atom. The van der Waals surface area contributed by atoms with Crippen LogP contribution in [-0.4, -0.2) is 51.4 Å². The fourth-order valence-corrected chi connectivity index (χ4v) is 6.92. The van der Waals surface area contributed by atoms with Gasteiger partial charge in [0.25, 0.3) is 0 Å². The Morgan fingerprint density at radius 1 is 1.00 bits per heavy atom. The van der Waals surface area contributed by atoms with Gasteiger partial charge in [-0.2, -0.15) is 0 Å². The average molecular weight is 510 g/mol. The summed E-state index contributed by atoms with van der Waals surface area (Å²) in [5.74, 6) is -0.377. The molecule has 1 amide bonds. The third kappa shape index (κ3) is 5.83. The van der Waals surface area contributed by atoms with E-state index in [1.54, 1.807) is 18.2 Å². The van der Waals surface area contributed by atoms with Crippen molar-refractivity contribution in [3.8, 4) is 0 Å². The number of nitrogens with one attached hydrogen (secondary N) is 1. The van der Waals surface area contributed by atoms with Crippen LogP contribution in [0.2, 0.25) is 10.0 Å². The largest absolute Gasteiger partial charge is 0.371 e. The number of rotatable bonds is 8. The number of sulfonamides is 1. The Balaban J connectivity index is 1.20. The minimum Gasteiger partial charge on any atom is -0.371 e. The second-order valence-electron chi connectivity index (χ2n) is 8.64. The van der Waals surface area contributed by atoms with E-state index in [1.165, 1.54) is 15.6 Å². The summed E-state index contributed by atoms with van der Waals surface area (Å²) in [7, 11) is -3.56. The number of fused-ring (bicyclic) bond motifs is 1. The highest BCUT2D eigenvalue weighted by molar-refractivity contribution is 7.88. The van der Waals surface area contributed by atoms with Gasteiger partial charge in [-0.15, -0.1) is 0 Å². The van der Waals surface area contributed by atoms with E-state index in [9.17, 15) is 13.2 Å². The molecule has 1 N–H and O–H groups in total. The van der Waals surface area contributed by atoms with Gasteiger partial charge in [-0.05, 0) is 49.4 Å². The summed E-state index contributed by atoms with van der Waals surface area (Å²) < 4.78 is 27.2. The summed E-state index contributed by atoms with van der Waals surface area (Å²) in [6.45, 7) is 3.22. The lowest BCUT2D eigenvalue weighted by Gasteiger charge is -2.30. The lowest BCUT2D eigenvalue weighted by Crippen LogP contribution is -2.43. The predicted octanol–water partition coefficient (Wildman–Crippen LogP) is 4.10. The van der Waals surface area contributed by atoms with Crippen molar-refractivity contribution < 1.29 is 13.2 Å². The molecule has 1 saturated heterocycles. The minimum atomic E-state index is -3.56. The summed E-state index contributed by atoms with van der Waals surface area (Å²) >= 11 is 12.3. The molecule has 1 fully saturated rings. The van der Waals surface area contributed by atoms with Gasteiger partial charge in [0.2, 0.25) is 15.9 Å². The molecule has 0 atom stereocenters. The number of halogens is 2. The van der Waals surface area contributed by atoms with Crippen molar-refractivity contribution in [3.05, 3.63) is 63.6 Å². The van der Waals surface area contributed by atoms with Crippen molar-refractivity contribution in [1.82, 2.24) is 9.62 Å². The van der Waals surface area contributed by atoms with Crippen molar-refractivity contribution in [3.63, 3.8) is 0 Å². The van der Waals surface area contributed by atoms with Crippen LogP contribution in [0.5, 0.6) is 0 Å². The zero-order chi connectivity index (χ0) is 23.4. The fraction of sp³-hybridized carbons (Fsp3) is 0.458. The molecule has 178 valence electrons. The van der Waals surface area contributed by atoms with E-state index < -0.39 is 10.0 Å². The summed E-state index contributed by atoms with van der Waals surface area (Å²) in [5.41, 5.74) is 3.11. The Morgan fingerprint density at radius 2 is 1.70 bits per heavy atom. The molecule has 0 unspecified atom stereocenters. The lowest BCUT2D eigenvalue weighted by molar-refractivity contribution is -0.126. The first-order valence-corrected chi connectivity index (χ1v) is 13.7. The van der Waals surface area contributed by atoms with Crippen LogP contribution in [0.4, 0.5) is 5.69 Å². The highest BCUT2D eigenvalue weighted by atomic mass is 35.5. The van der Waals surface area contributed by atoms with Gasteiger partial charge in [0.1, 0.15) is 0 Å². The summed E-state index contributed by atoms with van der Waals surface area (Å²) in [5, 5.41) is 3.73. The first kappa shape index (κ1) is 24.3. The van der Waals surface area contributed by atoms with Crippen LogP contribution < -0.4 is 10.2 Å². The predicted molar refractivity (Wildman–Crippen MR) is 133 cm³/mol. The average Bonchev–Trinajstić information content (AvgIpc) is 3.22. The van der Waals surface area contributed by atoms with Crippen molar-refractivity contribution in [2.24, 2.45) is 5.92 Å².